The number of amides is 2. The quantitative estimate of drug-likeness (QED) is 0.240. The van der Waals surface area contributed by atoms with Crippen LogP contribution in [0.2, 0.25) is 0 Å². The molecule has 4 rings (SSSR count). The summed E-state index contributed by atoms with van der Waals surface area (Å²) in [5, 5.41) is 33.7. The Kier molecular flexibility index (Phi) is 5.63. The Morgan fingerprint density at radius 2 is 2.23 bits per heavy atom. The Morgan fingerprint density at radius 1 is 1.42 bits per heavy atom. The molecule has 1 unspecified atom stereocenters. The lowest BCUT2D eigenvalue weighted by Crippen LogP contribution is -2.80. The molecule has 1 fully saturated rings. The molecule has 0 saturated carbocycles. The molecule has 1 saturated heterocycles. The Morgan fingerprint density at radius 3 is 2.84 bits per heavy atom. The minimum absolute atomic E-state index is 0.126. The molecule has 15 nitrogen and oxygen atoms in total. The van der Waals surface area contributed by atoms with E-state index < -0.39 is 28.9 Å². The van der Waals surface area contributed by atoms with Crippen molar-refractivity contribution >= 4 is 41.3 Å². The fraction of sp³-hybridized carbons (Fsp3) is 0.500. The second-order valence-electron chi connectivity index (χ2n) is 6.46. The average molecular weight is 468 g/mol. The molecule has 2 N–H and O–H groups in total. The Balaban J connectivity index is 1.53. The lowest BCUT2D eigenvalue weighted by molar-refractivity contribution is -0.192. The number of hydrogen-bond acceptors (Lipinski definition) is 12. The van der Waals surface area contributed by atoms with Crippen molar-refractivity contribution in [3.63, 3.8) is 0 Å². The highest BCUT2D eigenvalue weighted by Crippen LogP contribution is 2.47. The summed E-state index contributed by atoms with van der Waals surface area (Å²) in [5.74, 6) is -1.86. The number of aromatic nitrogens is 8. The van der Waals surface area contributed by atoms with Gasteiger partial charge in [-0.1, -0.05) is 11.8 Å². The van der Waals surface area contributed by atoms with E-state index in [0.29, 0.717) is 16.5 Å². The number of rotatable bonds is 8. The summed E-state index contributed by atoms with van der Waals surface area (Å²) in [6.07, 6.45) is 1.26. The van der Waals surface area contributed by atoms with Crippen LogP contribution in [0, 0.1) is 0 Å². The van der Waals surface area contributed by atoms with Crippen LogP contribution in [0.15, 0.2) is 22.8 Å². The smallest absolute Gasteiger partial charge is 0.352 e. The summed E-state index contributed by atoms with van der Waals surface area (Å²) >= 11 is 2.55. The molecule has 2 aromatic heterocycles. The van der Waals surface area contributed by atoms with Crippen LogP contribution in [0.3, 0.4) is 0 Å². The number of ether oxygens (including phenoxy) is 1. The number of aryl methyl sites for hydroxylation is 1. The number of fused-ring (bicyclic) bond motifs is 1. The first-order valence-corrected chi connectivity index (χ1v) is 10.7. The fourth-order valence-electron chi connectivity index (χ4n) is 3.20. The van der Waals surface area contributed by atoms with E-state index in [1.54, 1.807) is 7.05 Å². The number of nitrogens with one attached hydrogen (secondary N) is 1. The highest BCUT2D eigenvalue weighted by Gasteiger charge is 2.66. The molecule has 2 amide bonds. The van der Waals surface area contributed by atoms with Gasteiger partial charge in [0.25, 0.3) is 11.6 Å². The summed E-state index contributed by atoms with van der Waals surface area (Å²) in [7, 11) is 2.95. The van der Waals surface area contributed by atoms with E-state index in [0.717, 1.165) is 4.90 Å². The van der Waals surface area contributed by atoms with Gasteiger partial charge in [-0.15, -0.1) is 22.0 Å². The molecule has 31 heavy (non-hydrogen) atoms. The average Bonchev–Trinajstić information content (AvgIpc) is 3.40. The molecule has 164 valence electrons. The third-order valence-electron chi connectivity index (χ3n) is 4.61. The molecule has 0 aromatic carbocycles. The molecule has 2 atom stereocenters. The number of methoxy groups -OCH3 is 1. The van der Waals surface area contributed by atoms with Crippen LogP contribution in [-0.2, 0) is 32.7 Å². The number of carbonyl (C=O) groups is 3. The van der Waals surface area contributed by atoms with E-state index in [2.05, 4.69) is 36.4 Å². The third-order valence-corrected chi connectivity index (χ3v) is 7.08. The van der Waals surface area contributed by atoms with Crippen LogP contribution in [0.1, 0.15) is 0 Å². The molecule has 0 aliphatic carbocycles. The van der Waals surface area contributed by atoms with Crippen LogP contribution < -0.4 is 5.32 Å². The lowest BCUT2D eigenvalue weighted by atomic mass is 9.98. The van der Waals surface area contributed by atoms with Gasteiger partial charge in [-0.05, 0) is 26.4 Å². The number of carboxylic acids is 1. The van der Waals surface area contributed by atoms with E-state index in [-0.39, 0.29) is 18.0 Å². The van der Waals surface area contributed by atoms with E-state index in [1.165, 1.54) is 46.3 Å². The minimum Gasteiger partial charge on any atom is -0.477 e. The van der Waals surface area contributed by atoms with E-state index in [1.807, 2.05) is 0 Å². The van der Waals surface area contributed by atoms with Crippen molar-refractivity contribution in [1.29, 1.82) is 0 Å². The zero-order valence-electron chi connectivity index (χ0n) is 16.2. The van der Waals surface area contributed by atoms with Crippen molar-refractivity contribution in [2.24, 2.45) is 7.05 Å². The monoisotopic (exact) mass is 468 g/mol. The number of aliphatic carboxylic acids is 1. The normalized spacial score (nSPS) is 22.8. The topological polar surface area (TPSA) is 183 Å². The molecular formula is C14H16N10O5S2. The van der Waals surface area contributed by atoms with Gasteiger partial charge in [-0.25, -0.2) is 14.2 Å². The number of hydrogen-bond donors (Lipinski definition) is 2. The predicted molar refractivity (Wildman–Crippen MR) is 103 cm³/mol. The van der Waals surface area contributed by atoms with Gasteiger partial charge in [0.05, 0.1) is 0 Å². The summed E-state index contributed by atoms with van der Waals surface area (Å²) in [6.45, 7) is -0.224. The van der Waals surface area contributed by atoms with Crippen molar-refractivity contribution in [3.8, 4) is 0 Å². The Labute approximate surface area is 182 Å². The van der Waals surface area contributed by atoms with Gasteiger partial charge in [0.15, 0.2) is 0 Å². The summed E-state index contributed by atoms with van der Waals surface area (Å²) < 4.78 is 8.04. The minimum atomic E-state index is -1.68. The summed E-state index contributed by atoms with van der Waals surface area (Å²) in [4.78, 5) is 38.6. The highest BCUT2D eigenvalue weighted by atomic mass is 32.2. The summed E-state index contributed by atoms with van der Waals surface area (Å²) in [6, 6.07) is 0. The van der Waals surface area contributed by atoms with E-state index >= 15 is 0 Å². The largest absolute Gasteiger partial charge is 0.477 e. The maximum Gasteiger partial charge on any atom is 0.352 e. The van der Waals surface area contributed by atoms with Crippen molar-refractivity contribution in [2.75, 3.05) is 18.6 Å². The van der Waals surface area contributed by atoms with Gasteiger partial charge in [0.2, 0.25) is 11.1 Å². The van der Waals surface area contributed by atoms with Crippen molar-refractivity contribution in [3.05, 3.63) is 17.6 Å². The Hall–Kier alpha value is -3.05. The molecule has 17 heteroatoms. The van der Waals surface area contributed by atoms with Crippen LogP contribution in [0.25, 0.3) is 0 Å². The number of tetrazole rings is 2. The van der Waals surface area contributed by atoms with E-state index in [4.69, 9.17) is 4.74 Å². The van der Waals surface area contributed by atoms with Crippen LogP contribution in [-0.4, -0.2) is 97.9 Å². The Bertz CT molecular complexity index is 1060. The maximum absolute atomic E-state index is 13.0. The second-order valence-corrected chi connectivity index (χ2v) is 8.48. The van der Waals surface area contributed by atoms with Crippen LogP contribution >= 0.6 is 23.5 Å². The first-order valence-electron chi connectivity index (χ1n) is 8.70. The molecule has 0 bridgehead atoms. The van der Waals surface area contributed by atoms with Gasteiger partial charge < -0.3 is 15.2 Å². The first-order chi connectivity index (χ1) is 14.9. The van der Waals surface area contributed by atoms with Gasteiger partial charge >= 0.3 is 5.97 Å². The van der Waals surface area contributed by atoms with Gasteiger partial charge in [0, 0.05) is 25.7 Å². The van der Waals surface area contributed by atoms with Crippen molar-refractivity contribution < 1.29 is 24.2 Å². The number of thioether (sulfide) groups is 2. The second kappa shape index (κ2) is 8.23. The zero-order valence-corrected chi connectivity index (χ0v) is 17.8. The molecule has 0 spiro atoms. The number of nitrogens with zero attached hydrogens (tertiary/aromatic N) is 9. The zero-order chi connectivity index (χ0) is 22.2. The molecule has 2 aliphatic rings. The van der Waals surface area contributed by atoms with Gasteiger partial charge in [-0.3, -0.25) is 14.5 Å². The number of carbonyl (C=O) groups excluding carboxylic acids is 2. The standard InChI is InChI=1S/C14H16N10O5S2/c1-22-13(17-19-20-22)31-5-7-4-30-12-14(29-2,11(28)24(12)9(7)10(26)27)16-8(25)3-23-6-15-18-21-23/h6,12H,3-5H2,1-2H3,(H,16,25)(H,26,27)/t12-,14?/m1/s1. The van der Waals surface area contributed by atoms with Crippen LogP contribution in [0.4, 0.5) is 0 Å². The third kappa shape index (κ3) is 3.63. The fourth-order valence-corrected chi connectivity index (χ4v) is 5.62. The van der Waals surface area contributed by atoms with Crippen molar-refractivity contribution in [1.82, 2.24) is 50.6 Å². The van der Waals surface area contributed by atoms with Gasteiger partial charge in [0.1, 0.15) is 23.9 Å². The van der Waals surface area contributed by atoms with E-state index in [9.17, 15) is 19.5 Å². The number of β-lactam (4-membered cyclic amide) rings is 1. The molecular weight excluding hydrogens is 452 g/mol. The summed E-state index contributed by atoms with van der Waals surface area (Å²) in [5.41, 5.74) is -1.26. The first kappa shape index (κ1) is 21.2. The SMILES string of the molecule is COC1(NC(=O)Cn2cnnn2)C(=O)N2C(C(=O)O)=C(CSc3nnnn3C)CS[C@@H]21. The number of carboxylic acid groups (broad SMARTS) is 1. The van der Waals surface area contributed by atoms with Crippen molar-refractivity contribution in [2.45, 2.75) is 22.8 Å². The predicted octanol–water partition coefficient (Wildman–Crippen LogP) is -2.30. The molecule has 4 heterocycles. The van der Waals surface area contributed by atoms with Crippen LogP contribution in [0.5, 0.6) is 0 Å². The lowest BCUT2D eigenvalue weighted by Gasteiger charge is -2.55. The molecule has 2 aromatic rings. The molecule has 2 aliphatic heterocycles. The highest BCUT2D eigenvalue weighted by molar-refractivity contribution is 8.01. The van der Waals surface area contributed by atoms with Gasteiger partial charge in [-0.2, -0.15) is 0 Å². The molecule has 0 radical (unpaired) electrons. The maximum atomic E-state index is 13.0.